The van der Waals surface area contributed by atoms with Crippen LogP contribution < -0.4 is 14.2 Å². The molecular formula is C26H25N3O4S. The molecule has 7 nitrogen and oxygen atoms in total. The SMILES string of the molecule is C=CCc1cc(/C=C2/C(=N)N3C=CSC3=NC2=O)cc(OC)c1OCCOc1ccc(C)cc1. The van der Waals surface area contributed by atoms with Gasteiger partial charge in [-0.15, -0.1) is 6.58 Å². The first-order valence-electron chi connectivity index (χ1n) is 10.7. The van der Waals surface area contributed by atoms with Gasteiger partial charge in [-0.1, -0.05) is 35.5 Å². The molecule has 0 radical (unpaired) electrons. The van der Waals surface area contributed by atoms with Gasteiger partial charge in [0.2, 0.25) is 0 Å². The highest BCUT2D eigenvalue weighted by atomic mass is 32.2. The van der Waals surface area contributed by atoms with Crippen molar-refractivity contribution in [3.05, 3.63) is 82.9 Å². The lowest BCUT2D eigenvalue weighted by molar-refractivity contribution is -0.114. The maximum Gasteiger partial charge on any atom is 0.283 e. The van der Waals surface area contributed by atoms with Crippen molar-refractivity contribution in [3.8, 4) is 17.2 Å². The van der Waals surface area contributed by atoms with Crippen LogP contribution in [-0.4, -0.2) is 42.1 Å². The van der Waals surface area contributed by atoms with Crippen molar-refractivity contribution in [2.75, 3.05) is 20.3 Å². The van der Waals surface area contributed by atoms with Crippen LogP contribution in [0.25, 0.3) is 6.08 Å². The maximum absolute atomic E-state index is 12.5. The number of ether oxygens (including phenoxy) is 3. The fourth-order valence-corrected chi connectivity index (χ4v) is 4.23. The molecule has 2 aromatic carbocycles. The van der Waals surface area contributed by atoms with E-state index in [1.165, 1.54) is 17.3 Å². The molecule has 0 saturated heterocycles. The molecule has 2 aliphatic rings. The molecule has 8 heteroatoms. The summed E-state index contributed by atoms with van der Waals surface area (Å²) in [5.41, 5.74) is 2.94. The van der Waals surface area contributed by atoms with E-state index in [1.54, 1.807) is 41.8 Å². The lowest BCUT2D eigenvalue weighted by atomic mass is 10.0. The Hall–Kier alpha value is -3.78. The number of amidine groups is 2. The van der Waals surface area contributed by atoms with Crippen molar-refractivity contribution in [3.63, 3.8) is 0 Å². The number of amides is 1. The number of fused-ring (bicyclic) bond motifs is 1. The Morgan fingerprint density at radius 1 is 1.18 bits per heavy atom. The van der Waals surface area contributed by atoms with Crippen LogP contribution in [0.15, 0.2) is 71.2 Å². The van der Waals surface area contributed by atoms with Crippen molar-refractivity contribution < 1.29 is 19.0 Å². The number of methoxy groups -OCH3 is 1. The van der Waals surface area contributed by atoms with Crippen LogP contribution in [0, 0.1) is 12.3 Å². The molecule has 0 saturated carbocycles. The number of hydrogen-bond donors (Lipinski definition) is 1. The minimum absolute atomic E-state index is 0.0917. The fourth-order valence-electron chi connectivity index (χ4n) is 3.53. The summed E-state index contributed by atoms with van der Waals surface area (Å²) in [6.45, 7) is 6.57. The van der Waals surface area contributed by atoms with Gasteiger partial charge in [-0.05, 0) is 54.7 Å². The van der Waals surface area contributed by atoms with Crippen LogP contribution in [0.3, 0.4) is 0 Å². The van der Waals surface area contributed by atoms with E-state index in [4.69, 9.17) is 19.6 Å². The summed E-state index contributed by atoms with van der Waals surface area (Å²) in [7, 11) is 1.57. The predicted molar refractivity (Wildman–Crippen MR) is 136 cm³/mol. The molecule has 2 aromatic rings. The first kappa shape index (κ1) is 23.4. The standard InChI is InChI=1S/C26H25N3O4S/c1-4-5-19-14-18(15-21-24(27)29-10-13-34-26(29)28-25(21)30)16-22(31-3)23(19)33-12-11-32-20-8-6-17(2)7-9-20/h4,6-10,13-16,27H,1,5,11-12H2,2-3H3/b21-15-,27-24?. The van der Waals surface area contributed by atoms with Gasteiger partial charge in [0, 0.05) is 11.8 Å². The first-order valence-corrected chi connectivity index (χ1v) is 11.6. The number of nitrogens with one attached hydrogen (secondary N) is 1. The van der Waals surface area contributed by atoms with Crippen molar-refractivity contribution in [1.82, 2.24) is 4.90 Å². The summed E-state index contributed by atoms with van der Waals surface area (Å²) in [5.74, 6) is 1.56. The van der Waals surface area contributed by atoms with Crippen LogP contribution in [-0.2, 0) is 11.2 Å². The van der Waals surface area contributed by atoms with Crippen LogP contribution in [0.1, 0.15) is 16.7 Å². The zero-order valence-electron chi connectivity index (χ0n) is 19.0. The fraction of sp³-hybridized carbons (Fsp3) is 0.192. The van der Waals surface area contributed by atoms with Gasteiger partial charge in [0.25, 0.3) is 5.91 Å². The third-order valence-electron chi connectivity index (χ3n) is 5.18. The summed E-state index contributed by atoms with van der Waals surface area (Å²) in [5, 5.41) is 10.7. The number of benzene rings is 2. The summed E-state index contributed by atoms with van der Waals surface area (Å²) in [6.07, 6.45) is 5.70. The van der Waals surface area contributed by atoms with Crippen LogP contribution in [0.4, 0.5) is 0 Å². The molecule has 174 valence electrons. The second-order valence-corrected chi connectivity index (χ2v) is 8.47. The van der Waals surface area contributed by atoms with Crippen molar-refractivity contribution >= 4 is 34.7 Å². The first-order chi connectivity index (χ1) is 16.5. The Kier molecular flexibility index (Phi) is 7.18. The van der Waals surface area contributed by atoms with Gasteiger partial charge in [-0.3, -0.25) is 15.1 Å². The number of thioether (sulfide) groups is 1. The number of carbonyl (C=O) groups excluding carboxylic acids is 1. The van der Waals surface area contributed by atoms with E-state index >= 15 is 0 Å². The van der Waals surface area contributed by atoms with Gasteiger partial charge in [0.15, 0.2) is 16.7 Å². The van der Waals surface area contributed by atoms with Crippen LogP contribution >= 0.6 is 11.8 Å². The van der Waals surface area contributed by atoms with E-state index in [0.717, 1.165) is 11.3 Å². The van der Waals surface area contributed by atoms with E-state index in [0.29, 0.717) is 41.9 Å². The Labute approximate surface area is 202 Å². The highest BCUT2D eigenvalue weighted by Gasteiger charge is 2.31. The lowest BCUT2D eigenvalue weighted by Crippen LogP contribution is -2.35. The van der Waals surface area contributed by atoms with E-state index in [9.17, 15) is 4.79 Å². The van der Waals surface area contributed by atoms with E-state index in [-0.39, 0.29) is 11.4 Å². The zero-order chi connectivity index (χ0) is 24.1. The third kappa shape index (κ3) is 5.07. The lowest BCUT2D eigenvalue weighted by Gasteiger charge is -2.22. The third-order valence-corrected chi connectivity index (χ3v) is 5.94. The van der Waals surface area contributed by atoms with Crippen LogP contribution in [0.5, 0.6) is 17.2 Å². The highest BCUT2D eigenvalue weighted by molar-refractivity contribution is 8.16. The maximum atomic E-state index is 12.5. The Balaban J connectivity index is 1.54. The number of allylic oxidation sites excluding steroid dienone is 1. The molecule has 34 heavy (non-hydrogen) atoms. The number of aryl methyl sites for hydroxylation is 1. The summed E-state index contributed by atoms with van der Waals surface area (Å²) in [6, 6.07) is 11.5. The van der Waals surface area contributed by atoms with E-state index in [2.05, 4.69) is 11.6 Å². The van der Waals surface area contributed by atoms with E-state index < -0.39 is 5.91 Å². The molecule has 0 aromatic heterocycles. The Bertz CT molecular complexity index is 1220. The molecule has 0 atom stereocenters. The second kappa shape index (κ2) is 10.4. The summed E-state index contributed by atoms with van der Waals surface area (Å²) < 4.78 is 17.4. The predicted octanol–water partition coefficient (Wildman–Crippen LogP) is 4.97. The van der Waals surface area contributed by atoms with Gasteiger partial charge in [-0.2, -0.15) is 4.99 Å². The molecule has 2 heterocycles. The topological polar surface area (TPSA) is 84.2 Å². The van der Waals surface area contributed by atoms with Gasteiger partial charge in [0.1, 0.15) is 24.8 Å². The smallest absolute Gasteiger partial charge is 0.283 e. The van der Waals surface area contributed by atoms with Gasteiger partial charge < -0.3 is 14.2 Å². The molecule has 2 aliphatic heterocycles. The summed E-state index contributed by atoms with van der Waals surface area (Å²) in [4.78, 5) is 18.2. The largest absolute Gasteiger partial charge is 0.493 e. The molecular weight excluding hydrogens is 450 g/mol. The molecule has 1 N–H and O–H groups in total. The summed E-state index contributed by atoms with van der Waals surface area (Å²) >= 11 is 1.32. The van der Waals surface area contributed by atoms with Gasteiger partial charge >= 0.3 is 0 Å². The number of nitrogens with zero attached hydrogens (tertiary/aromatic N) is 2. The molecule has 0 unspecified atom stereocenters. The van der Waals surface area contributed by atoms with Gasteiger partial charge in [-0.25, -0.2) is 0 Å². The highest BCUT2D eigenvalue weighted by Crippen LogP contribution is 2.35. The Morgan fingerprint density at radius 2 is 1.94 bits per heavy atom. The van der Waals surface area contributed by atoms with Crippen molar-refractivity contribution in [1.29, 1.82) is 5.41 Å². The minimum atomic E-state index is -0.440. The monoisotopic (exact) mass is 475 g/mol. The average Bonchev–Trinajstić information content (AvgIpc) is 3.30. The van der Waals surface area contributed by atoms with Crippen molar-refractivity contribution in [2.45, 2.75) is 13.3 Å². The quantitative estimate of drug-likeness (QED) is 0.313. The number of aliphatic imine (C=N–C) groups is 1. The number of carbonyl (C=O) groups is 1. The number of hydrogen-bond acceptors (Lipinski definition) is 6. The molecule has 0 spiro atoms. The Morgan fingerprint density at radius 3 is 2.68 bits per heavy atom. The molecule has 4 rings (SSSR count). The molecule has 1 amide bonds. The second-order valence-electron chi connectivity index (χ2n) is 7.59. The zero-order valence-corrected chi connectivity index (χ0v) is 19.9. The minimum Gasteiger partial charge on any atom is -0.493 e. The normalized spacial score (nSPS) is 15.9. The van der Waals surface area contributed by atoms with E-state index in [1.807, 2.05) is 37.3 Å². The molecule has 0 bridgehead atoms. The molecule has 0 fully saturated rings. The average molecular weight is 476 g/mol. The van der Waals surface area contributed by atoms with Crippen molar-refractivity contribution in [2.24, 2.45) is 4.99 Å². The molecule has 0 aliphatic carbocycles. The number of rotatable bonds is 9. The van der Waals surface area contributed by atoms with Crippen LogP contribution in [0.2, 0.25) is 0 Å². The van der Waals surface area contributed by atoms with Gasteiger partial charge in [0.05, 0.1) is 12.7 Å².